The van der Waals surface area contributed by atoms with E-state index in [0.717, 1.165) is 18.2 Å². The minimum Gasteiger partial charge on any atom is -0.763 e. The Balaban J connectivity index is 0.00000169. The fourth-order valence-electron chi connectivity index (χ4n) is 0.879. The van der Waals surface area contributed by atoms with Crippen LogP contribution in [0.5, 0.6) is 0 Å². The van der Waals surface area contributed by atoms with Crippen molar-refractivity contribution >= 4 is 11.9 Å². The van der Waals surface area contributed by atoms with Crippen molar-refractivity contribution in [3.05, 3.63) is 40.8 Å². The standard InChI is InChI=1S/C9H5F3N.Li/c10-9(11,12)8-3-1-2-7(6-8)4-5-13;/h1-4,6H;/q-1;+1. The maximum atomic E-state index is 12.1. The summed E-state index contributed by atoms with van der Waals surface area (Å²) in [5.41, 5.74) is -0.478. The van der Waals surface area contributed by atoms with Crippen molar-refractivity contribution in [1.82, 2.24) is 0 Å². The number of nitrogens with zero attached hydrogens (tertiary/aromatic N) is 1. The topological polar surface area (TPSA) is 22.3 Å². The van der Waals surface area contributed by atoms with Gasteiger partial charge in [-0.15, -0.1) is 0 Å². The van der Waals surface area contributed by atoms with E-state index in [9.17, 15) is 13.2 Å². The number of rotatable bonds is 1. The molecule has 0 fully saturated rings. The van der Waals surface area contributed by atoms with E-state index in [-0.39, 0.29) is 24.4 Å². The van der Waals surface area contributed by atoms with Gasteiger partial charge in [0, 0.05) is 0 Å². The molecule has 0 atom stereocenters. The predicted octanol–water partition coefficient (Wildman–Crippen LogP) is -0.0383. The maximum Gasteiger partial charge on any atom is 1.00 e. The molecule has 0 heterocycles. The molecular formula is C9H5F3LiN. The Labute approximate surface area is 91.3 Å². The van der Waals surface area contributed by atoms with Crippen LogP contribution in [0.15, 0.2) is 24.3 Å². The Morgan fingerprint density at radius 2 is 1.93 bits per heavy atom. The van der Waals surface area contributed by atoms with Crippen LogP contribution in [0.2, 0.25) is 0 Å². The van der Waals surface area contributed by atoms with Gasteiger partial charge in [0.05, 0.1) is 5.56 Å². The van der Waals surface area contributed by atoms with Crippen LogP contribution in [0.4, 0.5) is 13.2 Å². The minimum absolute atomic E-state index is 0. The maximum absolute atomic E-state index is 12.1. The quantitative estimate of drug-likeness (QED) is 0.439. The Kier molecular flexibility index (Phi) is 4.73. The van der Waals surface area contributed by atoms with Crippen molar-refractivity contribution in [3.63, 3.8) is 0 Å². The second-order valence-electron chi connectivity index (χ2n) is 2.40. The van der Waals surface area contributed by atoms with E-state index in [1.165, 1.54) is 12.1 Å². The summed E-state index contributed by atoms with van der Waals surface area (Å²) < 4.78 is 36.3. The zero-order valence-electron chi connectivity index (χ0n) is 7.47. The summed E-state index contributed by atoms with van der Waals surface area (Å²) in [5.74, 6) is 1.67. The molecule has 0 saturated heterocycles. The summed E-state index contributed by atoms with van der Waals surface area (Å²) in [6.45, 7) is 0. The van der Waals surface area contributed by atoms with Crippen molar-refractivity contribution in [2.24, 2.45) is 0 Å². The zero-order chi connectivity index (χ0) is 9.90. The molecule has 1 nitrogen and oxygen atoms in total. The van der Waals surface area contributed by atoms with Crippen LogP contribution in [0, 0.1) is 0 Å². The second-order valence-corrected chi connectivity index (χ2v) is 2.40. The summed E-state index contributed by atoms with van der Waals surface area (Å²) in [4.78, 5) is 0. The summed E-state index contributed by atoms with van der Waals surface area (Å²) in [7, 11) is 0. The van der Waals surface area contributed by atoms with E-state index >= 15 is 0 Å². The Bertz CT molecular complexity index is 353. The number of halogens is 3. The van der Waals surface area contributed by atoms with Crippen molar-refractivity contribution in [2.75, 3.05) is 0 Å². The number of alkyl halides is 3. The molecular weight excluding hydrogens is 186 g/mol. The molecule has 1 aromatic rings. The first-order valence-corrected chi connectivity index (χ1v) is 3.44. The van der Waals surface area contributed by atoms with Gasteiger partial charge in [-0.05, 0) is 23.8 Å². The molecule has 0 saturated carbocycles. The van der Waals surface area contributed by atoms with Crippen molar-refractivity contribution < 1.29 is 32.0 Å². The van der Waals surface area contributed by atoms with Crippen LogP contribution in [0.3, 0.4) is 0 Å². The Morgan fingerprint density at radius 1 is 1.29 bits per heavy atom. The van der Waals surface area contributed by atoms with Gasteiger partial charge in [-0.1, -0.05) is 12.1 Å². The number of hydrogen-bond donors (Lipinski definition) is 0. The molecule has 0 radical (unpaired) electrons. The molecule has 14 heavy (non-hydrogen) atoms. The Hall–Kier alpha value is -0.943. The van der Waals surface area contributed by atoms with Gasteiger partial charge in [-0.3, -0.25) is 5.87 Å². The molecule has 0 aliphatic carbocycles. The monoisotopic (exact) mass is 191 g/mol. The largest absolute Gasteiger partial charge is 1.00 e. The Morgan fingerprint density at radius 3 is 2.43 bits per heavy atom. The van der Waals surface area contributed by atoms with Crippen LogP contribution < -0.4 is 18.9 Å². The third kappa shape index (κ3) is 3.43. The van der Waals surface area contributed by atoms with Crippen molar-refractivity contribution in [3.8, 4) is 0 Å². The third-order valence-electron chi connectivity index (χ3n) is 1.45. The molecule has 0 bridgehead atoms. The summed E-state index contributed by atoms with van der Waals surface area (Å²) >= 11 is 0. The SMILES string of the molecule is [Li+].[N-]=C=Cc1cccc(C(F)(F)F)c1. The van der Waals surface area contributed by atoms with Gasteiger partial charge in [0.25, 0.3) is 0 Å². The number of benzene rings is 1. The van der Waals surface area contributed by atoms with Gasteiger partial charge in [0.1, 0.15) is 0 Å². The molecule has 1 rings (SSSR count). The molecule has 1 aromatic carbocycles. The van der Waals surface area contributed by atoms with Crippen LogP contribution >= 0.6 is 0 Å². The average molecular weight is 191 g/mol. The zero-order valence-corrected chi connectivity index (χ0v) is 7.47. The first kappa shape index (κ1) is 13.1. The summed E-state index contributed by atoms with van der Waals surface area (Å²) in [6.07, 6.45) is -3.28. The van der Waals surface area contributed by atoms with E-state index < -0.39 is 11.7 Å². The third-order valence-corrected chi connectivity index (χ3v) is 1.45. The summed E-state index contributed by atoms with van der Waals surface area (Å²) in [5, 5.41) is 8.23. The first-order chi connectivity index (χ1) is 6.04. The molecule has 0 spiro atoms. The van der Waals surface area contributed by atoms with E-state index in [0.29, 0.717) is 0 Å². The van der Waals surface area contributed by atoms with Crippen LogP contribution in [0.1, 0.15) is 11.1 Å². The normalized spacial score (nSPS) is 9.93. The number of hydrogen-bond acceptors (Lipinski definition) is 0. The van der Waals surface area contributed by atoms with Gasteiger partial charge < -0.3 is 5.41 Å². The van der Waals surface area contributed by atoms with Gasteiger partial charge in [-0.25, -0.2) is 0 Å². The predicted molar refractivity (Wildman–Crippen MR) is 44.3 cm³/mol. The molecule has 0 aliphatic rings. The van der Waals surface area contributed by atoms with Gasteiger partial charge >= 0.3 is 25.0 Å². The van der Waals surface area contributed by atoms with Crippen LogP contribution in [-0.2, 0) is 6.18 Å². The van der Waals surface area contributed by atoms with Crippen molar-refractivity contribution in [1.29, 1.82) is 0 Å². The molecule has 5 heteroatoms. The van der Waals surface area contributed by atoms with Gasteiger partial charge in [0.2, 0.25) is 0 Å². The van der Waals surface area contributed by atoms with E-state index in [1.54, 1.807) is 5.87 Å². The molecule has 0 amide bonds. The van der Waals surface area contributed by atoms with Crippen LogP contribution in [0.25, 0.3) is 11.5 Å². The molecule has 0 aliphatic heterocycles. The second kappa shape index (κ2) is 5.07. The van der Waals surface area contributed by atoms with E-state index in [2.05, 4.69) is 0 Å². The summed E-state index contributed by atoms with van der Waals surface area (Å²) in [6, 6.07) is 4.61. The van der Waals surface area contributed by atoms with E-state index in [4.69, 9.17) is 5.41 Å². The molecule has 0 N–H and O–H groups in total. The molecule has 0 aromatic heterocycles. The van der Waals surface area contributed by atoms with Gasteiger partial charge in [0.15, 0.2) is 0 Å². The van der Waals surface area contributed by atoms with E-state index in [1.807, 2.05) is 0 Å². The fourth-order valence-corrected chi connectivity index (χ4v) is 0.879. The molecule has 68 valence electrons. The average Bonchev–Trinajstić information content (AvgIpc) is 2.04. The smallest absolute Gasteiger partial charge is 0.763 e. The van der Waals surface area contributed by atoms with Crippen LogP contribution in [-0.4, -0.2) is 5.87 Å². The van der Waals surface area contributed by atoms with Crippen molar-refractivity contribution in [2.45, 2.75) is 6.18 Å². The molecule has 0 unspecified atom stereocenters. The minimum atomic E-state index is -4.35. The van der Waals surface area contributed by atoms with Gasteiger partial charge in [-0.2, -0.15) is 13.2 Å². The first-order valence-electron chi connectivity index (χ1n) is 3.44. The fraction of sp³-hybridized carbons (Fsp3) is 0.111.